The molecule has 6 atom stereocenters. The molecule has 0 aromatic heterocycles. The quantitative estimate of drug-likeness (QED) is 0.507. The molecule has 4 aliphatic rings. The highest BCUT2D eigenvalue weighted by Crippen LogP contribution is 2.64. The summed E-state index contributed by atoms with van der Waals surface area (Å²) in [6.07, 6.45) is 19.4. The largest absolute Gasteiger partial charge is 0.0838 e. The summed E-state index contributed by atoms with van der Waals surface area (Å²) in [6.45, 7) is 7.58. The molecule has 0 aromatic carbocycles. The predicted molar refractivity (Wildman–Crippen MR) is 85.3 cm³/mol. The summed E-state index contributed by atoms with van der Waals surface area (Å²) in [5.41, 5.74) is 2.53. The zero-order valence-electron chi connectivity index (χ0n) is 13.2. The standard InChI is InChI=1S/C20H28/c1-14-7-10-17-16-9-8-15-6-4-5-12-20(15,3)18(16)11-13-19(14,17)2/h5-6,8-9,12,14,16-18H,4,7,10-11,13H2,1-3H3/t14-,16+,17+,18+,19-,20+/m1/s1. The molecule has 2 fully saturated rings. The van der Waals surface area contributed by atoms with Crippen molar-refractivity contribution in [2.75, 3.05) is 0 Å². The van der Waals surface area contributed by atoms with Gasteiger partial charge in [0.15, 0.2) is 0 Å². The van der Waals surface area contributed by atoms with Gasteiger partial charge in [0, 0.05) is 5.41 Å². The second-order valence-corrected chi connectivity index (χ2v) is 8.25. The fourth-order valence-electron chi connectivity index (χ4n) is 6.05. The van der Waals surface area contributed by atoms with E-state index in [4.69, 9.17) is 0 Å². The van der Waals surface area contributed by atoms with Gasteiger partial charge in [-0.1, -0.05) is 51.2 Å². The van der Waals surface area contributed by atoms with Gasteiger partial charge in [-0.3, -0.25) is 0 Å². The molecule has 0 heteroatoms. The van der Waals surface area contributed by atoms with E-state index in [1.165, 1.54) is 25.7 Å². The van der Waals surface area contributed by atoms with E-state index in [1.807, 2.05) is 0 Å². The lowest BCUT2D eigenvalue weighted by atomic mass is 9.50. The van der Waals surface area contributed by atoms with Crippen LogP contribution < -0.4 is 0 Å². The van der Waals surface area contributed by atoms with Crippen molar-refractivity contribution in [3.63, 3.8) is 0 Å². The fourth-order valence-corrected chi connectivity index (χ4v) is 6.05. The minimum absolute atomic E-state index is 0.324. The van der Waals surface area contributed by atoms with Gasteiger partial charge in [-0.05, 0) is 66.8 Å². The number of hydrogen-bond acceptors (Lipinski definition) is 0. The van der Waals surface area contributed by atoms with Crippen LogP contribution in [0.15, 0.2) is 36.0 Å². The van der Waals surface area contributed by atoms with E-state index in [9.17, 15) is 0 Å². The minimum atomic E-state index is 0.324. The Hall–Kier alpha value is -0.780. The van der Waals surface area contributed by atoms with Crippen molar-refractivity contribution in [3.8, 4) is 0 Å². The Labute approximate surface area is 124 Å². The first-order valence-corrected chi connectivity index (χ1v) is 8.62. The Balaban J connectivity index is 1.76. The van der Waals surface area contributed by atoms with E-state index < -0.39 is 0 Å². The molecular weight excluding hydrogens is 240 g/mol. The second kappa shape index (κ2) is 4.12. The van der Waals surface area contributed by atoms with Crippen molar-refractivity contribution < 1.29 is 0 Å². The van der Waals surface area contributed by atoms with E-state index in [0.717, 1.165) is 30.1 Å². The van der Waals surface area contributed by atoms with E-state index in [0.29, 0.717) is 10.8 Å². The van der Waals surface area contributed by atoms with Crippen LogP contribution >= 0.6 is 0 Å². The van der Waals surface area contributed by atoms with Crippen LogP contribution in [0.5, 0.6) is 0 Å². The zero-order chi connectivity index (χ0) is 14.0. The fraction of sp³-hybridized carbons (Fsp3) is 0.700. The highest BCUT2D eigenvalue weighted by molar-refractivity contribution is 5.40. The molecule has 0 nitrogen and oxygen atoms in total. The topological polar surface area (TPSA) is 0 Å². The van der Waals surface area contributed by atoms with Crippen molar-refractivity contribution in [1.29, 1.82) is 0 Å². The number of rotatable bonds is 0. The lowest BCUT2D eigenvalue weighted by molar-refractivity contribution is 0.00589. The Bertz CT molecular complexity index is 508. The van der Waals surface area contributed by atoms with Gasteiger partial charge in [-0.2, -0.15) is 0 Å². The highest BCUT2D eigenvalue weighted by atomic mass is 14.6. The third kappa shape index (κ3) is 1.49. The molecule has 108 valence electrons. The molecule has 0 aromatic rings. The molecule has 0 aliphatic heterocycles. The Kier molecular flexibility index (Phi) is 2.66. The van der Waals surface area contributed by atoms with Crippen LogP contribution in [0.1, 0.15) is 52.9 Å². The van der Waals surface area contributed by atoms with Crippen molar-refractivity contribution >= 4 is 0 Å². The summed E-state index contributed by atoms with van der Waals surface area (Å²) in [7, 11) is 0. The third-order valence-corrected chi connectivity index (χ3v) is 7.63. The van der Waals surface area contributed by atoms with Gasteiger partial charge in [0.2, 0.25) is 0 Å². The molecule has 0 radical (unpaired) electrons. The number of hydrogen-bond donors (Lipinski definition) is 0. The molecule has 20 heavy (non-hydrogen) atoms. The van der Waals surface area contributed by atoms with Gasteiger partial charge < -0.3 is 0 Å². The molecule has 4 rings (SSSR count). The highest BCUT2D eigenvalue weighted by Gasteiger charge is 2.56. The van der Waals surface area contributed by atoms with Crippen LogP contribution in [0.3, 0.4) is 0 Å². The lowest BCUT2D eigenvalue weighted by Crippen LogP contribution is -2.47. The maximum Gasteiger partial charge on any atom is 0.0134 e. The van der Waals surface area contributed by atoms with Crippen LogP contribution in [0, 0.1) is 34.5 Å². The molecule has 2 saturated carbocycles. The van der Waals surface area contributed by atoms with Crippen molar-refractivity contribution in [2.24, 2.45) is 34.5 Å². The molecule has 4 aliphatic carbocycles. The van der Waals surface area contributed by atoms with Gasteiger partial charge in [-0.25, -0.2) is 0 Å². The molecule has 0 saturated heterocycles. The normalized spacial score (nSPS) is 53.0. The van der Waals surface area contributed by atoms with Crippen LogP contribution in [0.25, 0.3) is 0 Å². The Morgan fingerprint density at radius 1 is 1.10 bits per heavy atom. The van der Waals surface area contributed by atoms with Crippen molar-refractivity contribution in [3.05, 3.63) is 36.0 Å². The predicted octanol–water partition coefficient (Wildman–Crippen LogP) is 5.53. The first-order chi connectivity index (χ1) is 9.56. The van der Waals surface area contributed by atoms with E-state index in [1.54, 1.807) is 5.57 Å². The van der Waals surface area contributed by atoms with E-state index >= 15 is 0 Å². The maximum absolute atomic E-state index is 2.59. The smallest absolute Gasteiger partial charge is 0.0134 e. The van der Waals surface area contributed by atoms with Crippen LogP contribution in [0.2, 0.25) is 0 Å². The molecule has 0 bridgehead atoms. The molecule has 0 amide bonds. The monoisotopic (exact) mass is 268 g/mol. The molecule has 0 unspecified atom stereocenters. The first kappa shape index (κ1) is 12.9. The average Bonchev–Trinajstić information content (AvgIpc) is 2.74. The summed E-state index contributed by atoms with van der Waals surface area (Å²) in [5.74, 6) is 3.52. The van der Waals surface area contributed by atoms with Crippen molar-refractivity contribution in [2.45, 2.75) is 52.9 Å². The Morgan fingerprint density at radius 2 is 1.95 bits per heavy atom. The van der Waals surface area contributed by atoms with Crippen molar-refractivity contribution in [1.82, 2.24) is 0 Å². The first-order valence-electron chi connectivity index (χ1n) is 8.62. The summed E-state index contributed by atoms with van der Waals surface area (Å²) in [4.78, 5) is 0. The Morgan fingerprint density at radius 3 is 2.80 bits per heavy atom. The van der Waals surface area contributed by atoms with Crippen LogP contribution in [-0.4, -0.2) is 0 Å². The van der Waals surface area contributed by atoms with Gasteiger partial charge in [0.05, 0.1) is 0 Å². The van der Waals surface area contributed by atoms with E-state index in [-0.39, 0.29) is 0 Å². The van der Waals surface area contributed by atoms with Gasteiger partial charge in [0.25, 0.3) is 0 Å². The minimum Gasteiger partial charge on any atom is -0.0838 e. The van der Waals surface area contributed by atoms with Crippen LogP contribution in [0.4, 0.5) is 0 Å². The number of fused-ring (bicyclic) bond motifs is 5. The zero-order valence-corrected chi connectivity index (χ0v) is 13.2. The maximum atomic E-state index is 2.59. The van der Waals surface area contributed by atoms with Gasteiger partial charge in [-0.15, -0.1) is 0 Å². The molecule has 0 N–H and O–H groups in total. The lowest BCUT2D eigenvalue weighted by Gasteiger charge is -2.54. The molecule has 0 spiro atoms. The van der Waals surface area contributed by atoms with Gasteiger partial charge >= 0.3 is 0 Å². The summed E-state index contributed by atoms with van der Waals surface area (Å²) in [6, 6.07) is 0. The summed E-state index contributed by atoms with van der Waals surface area (Å²) < 4.78 is 0. The molecule has 0 heterocycles. The average molecular weight is 268 g/mol. The number of allylic oxidation sites excluding steroid dienone is 6. The second-order valence-electron chi connectivity index (χ2n) is 8.25. The molecular formula is C20H28. The third-order valence-electron chi connectivity index (χ3n) is 7.63. The van der Waals surface area contributed by atoms with Gasteiger partial charge in [0.1, 0.15) is 0 Å². The summed E-state index contributed by atoms with van der Waals surface area (Å²) >= 11 is 0. The SMILES string of the molecule is C[C@@H]1CC[C@H]2[C@@H]3C=CC4=CCC=C[C@]4(C)[C@H]3CC[C@]12C. The van der Waals surface area contributed by atoms with Crippen LogP contribution in [-0.2, 0) is 0 Å². The van der Waals surface area contributed by atoms with E-state index in [2.05, 4.69) is 51.2 Å². The summed E-state index contributed by atoms with van der Waals surface area (Å²) in [5, 5.41) is 0.